The molecule has 0 aliphatic heterocycles. The van der Waals surface area contributed by atoms with Gasteiger partial charge in [0, 0.05) is 25.8 Å². The van der Waals surface area contributed by atoms with Crippen LogP contribution in [0.15, 0.2) is 24.3 Å². The third-order valence-electron chi connectivity index (χ3n) is 4.12. The lowest BCUT2D eigenvalue weighted by atomic mass is 10.1. The second-order valence-electron chi connectivity index (χ2n) is 5.36. The Hall–Kier alpha value is -1.51. The molecule has 2 rings (SSSR count). The molecular formula is C16H24N2O. The van der Waals surface area contributed by atoms with E-state index in [1.54, 1.807) is 0 Å². The van der Waals surface area contributed by atoms with E-state index in [0.29, 0.717) is 6.04 Å². The minimum Gasteiger partial charge on any atom is -0.387 e. The number of para-hydroxylation sites is 1. The Morgan fingerprint density at radius 1 is 1.16 bits per heavy atom. The molecule has 0 radical (unpaired) electrons. The van der Waals surface area contributed by atoms with Crippen molar-refractivity contribution < 1.29 is 4.79 Å². The molecule has 0 bridgehead atoms. The number of anilines is 1. The normalized spacial score (nSPS) is 16.7. The molecule has 1 aromatic rings. The van der Waals surface area contributed by atoms with E-state index in [-0.39, 0.29) is 5.91 Å². The van der Waals surface area contributed by atoms with E-state index in [0.717, 1.165) is 24.1 Å². The molecule has 104 valence electrons. The molecular weight excluding hydrogens is 236 g/mol. The van der Waals surface area contributed by atoms with Gasteiger partial charge in [-0.2, -0.15) is 0 Å². The van der Waals surface area contributed by atoms with Gasteiger partial charge in [-0.15, -0.1) is 0 Å². The highest BCUT2D eigenvalue weighted by molar-refractivity contribution is 5.99. The number of amides is 1. The van der Waals surface area contributed by atoms with Crippen molar-refractivity contribution in [3.05, 3.63) is 29.8 Å². The van der Waals surface area contributed by atoms with Gasteiger partial charge in [0.15, 0.2) is 0 Å². The van der Waals surface area contributed by atoms with Crippen LogP contribution in [0.1, 0.15) is 48.9 Å². The summed E-state index contributed by atoms with van der Waals surface area (Å²) in [5, 5.41) is 3.10. The Labute approximate surface area is 116 Å². The highest BCUT2D eigenvalue weighted by Gasteiger charge is 2.23. The molecule has 0 aromatic heterocycles. The molecule has 1 aromatic carbocycles. The van der Waals surface area contributed by atoms with Crippen LogP contribution in [-0.4, -0.2) is 30.9 Å². The van der Waals surface area contributed by atoms with Crippen LogP contribution in [0.25, 0.3) is 0 Å². The first-order valence-electron chi connectivity index (χ1n) is 7.28. The minimum absolute atomic E-state index is 0.136. The van der Waals surface area contributed by atoms with Gasteiger partial charge in [-0.05, 0) is 25.0 Å². The summed E-state index contributed by atoms with van der Waals surface area (Å²) < 4.78 is 0. The van der Waals surface area contributed by atoms with Gasteiger partial charge in [0.25, 0.3) is 5.91 Å². The van der Waals surface area contributed by atoms with Crippen molar-refractivity contribution in [2.45, 2.75) is 44.6 Å². The van der Waals surface area contributed by atoms with Crippen molar-refractivity contribution in [1.82, 2.24) is 4.90 Å². The molecule has 1 fully saturated rings. The smallest absolute Gasteiger partial charge is 0.255 e. The van der Waals surface area contributed by atoms with Crippen molar-refractivity contribution in [3.8, 4) is 0 Å². The van der Waals surface area contributed by atoms with E-state index < -0.39 is 0 Å². The molecule has 0 heterocycles. The van der Waals surface area contributed by atoms with Gasteiger partial charge in [0.2, 0.25) is 0 Å². The summed E-state index contributed by atoms with van der Waals surface area (Å²) in [4.78, 5) is 14.6. The number of rotatable bonds is 3. The van der Waals surface area contributed by atoms with Crippen LogP contribution in [0.2, 0.25) is 0 Å². The van der Waals surface area contributed by atoms with Crippen LogP contribution >= 0.6 is 0 Å². The fourth-order valence-electron chi connectivity index (χ4n) is 2.89. The van der Waals surface area contributed by atoms with E-state index in [2.05, 4.69) is 5.32 Å². The molecule has 0 saturated heterocycles. The first kappa shape index (κ1) is 13.9. The minimum atomic E-state index is 0.136. The topological polar surface area (TPSA) is 32.3 Å². The number of nitrogens with zero attached hydrogens (tertiary/aromatic N) is 1. The second-order valence-corrected chi connectivity index (χ2v) is 5.36. The van der Waals surface area contributed by atoms with Crippen molar-refractivity contribution in [2.24, 2.45) is 0 Å². The number of hydrogen-bond acceptors (Lipinski definition) is 2. The molecule has 0 atom stereocenters. The standard InChI is InChI=1S/C16H24N2O/c1-17-15-12-8-7-11-14(15)16(19)18(2)13-9-5-3-4-6-10-13/h7-8,11-13,17H,3-6,9-10H2,1-2H3. The van der Waals surface area contributed by atoms with Crippen LogP contribution in [0.4, 0.5) is 5.69 Å². The quantitative estimate of drug-likeness (QED) is 0.843. The number of carbonyl (C=O) groups excluding carboxylic acids is 1. The van der Waals surface area contributed by atoms with Gasteiger partial charge >= 0.3 is 0 Å². The Bertz CT molecular complexity index is 423. The Morgan fingerprint density at radius 3 is 2.42 bits per heavy atom. The summed E-state index contributed by atoms with van der Waals surface area (Å²) in [5.74, 6) is 0.136. The second kappa shape index (κ2) is 6.60. The van der Waals surface area contributed by atoms with Gasteiger partial charge < -0.3 is 10.2 Å². The van der Waals surface area contributed by atoms with Crippen molar-refractivity contribution in [3.63, 3.8) is 0 Å². The van der Waals surface area contributed by atoms with Crippen LogP contribution < -0.4 is 5.32 Å². The Kier molecular flexibility index (Phi) is 4.83. The third kappa shape index (κ3) is 3.28. The van der Waals surface area contributed by atoms with E-state index in [1.807, 2.05) is 43.3 Å². The van der Waals surface area contributed by atoms with Gasteiger partial charge in [-0.3, -0.25) is 4.79 Å². The third-order valence-corrected chi connectivity index (χ3v) is 4.12. The van der Waals surface area contributed by atoms with Crippen LogP contribution in [-0.2, 0) is 0 Å². The summed E-state index contributed by atoms with van der Waals surface area (Å²) >= 11 is 0. The highest BCUT2D eigenvalue weighted by Crippen LogP contribution is 2.24. The van der Waals surface area contributed by atoms with Crippen molar-refractivity contribution in [1.29, 1.82) is 0 Å². The number of hydrogen-bond donors (Lipinski definition) is 1. The lowest BCUT2D eigenvalue weighted by Gasteiger charge is -2.28. The summed E-state index contributed by atoms with van der Waals surface area (Å²) in [5.41, 5.74) is 1.68. The lowest BCUT2D eigenvalue weighted by Crippen LogP contribution is -2.37. The molecule has 19 heavy (non-hydrogen) atoms. The molecule has 1 saturated carbocycles. The molecule has 0 unspecified atom stereocenters. The molecule has 1 N–H and O–H groups in total. The summed E-state index contributed by atoms with van der Waals surface area (Å²) in [6, 6.07) is 8.14. The van der Waals surface area contributed by atoms with E-state index in [1.165, 1.54) is 25.7 Å². The average Bonchev–Trinajstić information content (AvgIpc) is 2.74. The first-order valence-corrected chi connectivity index (χ1v) is 7.28. The van der Waals surface area contributed by atoms with Crippen LogP contribution in [0.5, 0.6) is 0 Å². The maximum absolute atomic E-state index is 12.6. The molecule has 1 aliphatic rings. The predicted molar refractivity (Wildman–Crippen MR) is 79.6 cm³/mol. The molecule has 3 nitrogen and oxygen atoms in total. The number of carbonyl (C=O) groups is 1. The van der Waals surface area contributed by atoms with Crippen molar-refractivity contribution in [2.75, 3.05) is 19.4 Å². The van der Waals surface area contributed by atoms with Gasteiger partial charge in [-0.25, -0.2) is 0 Å². The average molecular weight is 260 g/mol. The van der Waals surface area contributed by atoms with E-state index in [4.69, 9.17) is 0 Å². The predicted octanol–water partition coefficient (Wildman–Crippen LogP) is 3.52. The van der Waals surface area contributed by atoms with E-state index in [9.17, 15) is 4.79 Å². The lowest BCUT2D eigenvalue weighted by molar-refractivity contribution is 0.0718. The Balaban J connectivity index is 2.13. The molecule has 3 heteroatoms. The summed E-state index contributed by atoms with van der Waals surface area (Å²) in [6.45, 7) is 0. The summed E-state index contributed by atoms with van der Waals surface area (Å²) in [6.07, 6.45) is 7.40. The largest absolute Gasteiger partial charge is 0.387 e. The van der Waals surface area contributed by atoms with Crippen molar-refractivity contribution >= 4 is 11.6 Å². The van der Waals surface area contributed by atoms with Crippen LogP contribution in [0, 0.1) is 0 Å². The maximum Gasteiger partial charge on any atom is 0.255 e. The number of nitrogens with one attached hydrogen (secondary N) is 1. The zero-order valence-corrected chi connectivity index (χ0v) is 12.0. The van der Waals surface area contributed by atoms with Gasteiger partial charge in [0.05, 0.1) is 5.56 Å². The first-order chi connectivity index (χ1) is 9.24. The zero-order valence-electron chi connectivity index (χ0n) is 12.0. The van der Waals surface area contributed by atoms with E-state index >= 15 is 0 Å². The molecule has 1 aliphatic carbocycles. The van der Waals surface area contributed by atoms with Gasteiger partial charge in [-0.1, -0.05) is 37.8 Å². The number of benzene rings is 1. The maximum atomic E-state index is 12.6. The summed E-state index contributed by atoms with van der Waals surface area (Å²) in [7, 11) is 3.81. The molecule has 1 amide bonds. The monoisotopic (exact) mass is 260 g/mol. The molecule has 0 spiro atoms. The Morgan fingerprint density at radius 2 is 1.79 bits per heavy atom. The fraction of sp³-hybridized carbons (Fsp3) is 0.562. The zero-order chi connectivity index (χ0) is 13.7. The SMILES string of the molecule is CNc1ccccc1C(=O)N(C)C1CCCCCC1. The highest BCUT2D eigenvalue weighted by atomic mass is 16.2. The fourth-order valence-corrected chi connectivity index (χ4v) is 2.89. The van der Waals surface area contributed by atoms with Gasteiger partial charge in [0.1, 0.15) is 0 Å². The van der Waals surface area contributed by atoms with Crippen LogP contribution in [0.3, 0.4) is 0 Å².